The zero-order chi connectivity index (χ0) is 12.8. The molecule has 1 rings (SSSR count). The number of allylic oxidation sites excluding steroid dienone is 2. The Morgan fingerprint density at radius 1 is 1.47 bits per heavy atom. The second-order valence-corrected chi connectivity index (χ2v) is 5.24. The summed E-state index contributed by atoms with van der Waals surface area (Å²) in [5.41, 5.74) is 1.37. The molecule has 0 unspecified atom stereocenters. The summed E-state index contributed by atoms with van der Waals surface area (Å²) in [5, 5.41) is 0. The van der Waals surface area contributed by atoms with Crippen molar-refractivity contribution in [2.45, 2.75) is 53.2 Å². The second kappa shape index (κ2) is 6.80. The number of nitrogens with zero attached hydrogens (tertiary/aromatic N) is 1. The molecule has 0 aromatic rings. The van der Waals surface area contributed by atoms with Crippen molar-refractivity contribution in [3.63, 3.8) is 0 Å². The van der Waals surface area contributed by atoms with Gasteiger partial charge in [0, 0.05) is 13.5 Å². The average molecular weight is 239 g/mol. The minimum absolute atomic E-state index is 0.00852. The fourth-order valence-electron chi connectivity index (χ4n) is 2.20. The van der Waals surface area contributed by atoms with Gasteiger partial charge in [0.05, 0.1) is 6.61 Å². The van der Waals surface area contributed by atoms with E-state index in [1.165, 1.54) is 5.57 Å². The Hall–Kier alpha value is -0.830. The van der Waals surface area contributed by atoms with Gasteiger partial charge in [-0.15, -0.1) is 0 Å². The SMILES string of the molecule is CC(=O)N1CCO[C@H]1C[C@H](C)CCC=C(C)C. The van der Waals surface area contributed by atoms with Gasteiger partial charge in [-0.25, -0.2) is 0 Å². The van der Waals surface area contributed by atoms with Crippen molar-refractivity contribution in [2.24, 2.45) is 5.92 Å². The van der Waals surface area contributed by atoms with Gasteiger partial charge in [0.2, 0.25) is 5.91 Å². The van der Waals surface area contributed by atoms with Crippen LogP contribution in [-0.4, -0.2) is 30.2 Å². The maximum atomic E-state index is 11.4. The van der Waals surface area contributed by atoms with Crippen molar-refractivity contribution in [3.8, 4) is 0 Å². The molecule has 0 spiro atoms. The van der Waals surface area contributed by atoms with Crippen molar-refractivity contribution < 1.29 is 9.53 Å². The molecule has 0 bridgehead atoms. The number of carbonyl (C=O) groups excluding carboxylic acids is 1. The molecular weight excluding hydrogens is 214 g/mol. The quantitative estimate of drug-likeness (QED) is 0.690. The molecule has 0 aliphatic carbocycles. The van der Waals surface area contributed by atoms with E-state index in [0.717, 1.165) is 25.8 Å². The number of carbonyl (C=O) groups is 1. The van der Waals surface area contributed by atoms with Crippen molar-refractivity contribution in [2.75, 3.05) is 13.2 Å². The molecule has 2 atom stereocenters. The van der Waals surface area contributed by atoms with Crippen LogP contribution in [0.3, 0.4) is 0 Å². The van der Waals surface area contributed by atoms with Gasteiger partial charge < -0.3 is 9.64 Å². The largest absolute Gasteiger partial charge is 0.356 e. The van der Waals surface area contributed by atoms with E-state index in [1.54, 1.807) is 6.92 Å². The molecule has 17 heavy (non-hydrogen) atoms. The summed E-state index contributed by atoms with van der Waals surface area (Å²) in [6, 6.07) is 0. The summed E-state index contributed by atoms with van der Waals surface area (Å²) in [7, 11) is 0. The van der Waals surface area contributed by atoms with Crippen LogP contribution < -0.4 is 0 Å². The topological polar surface area (TPSA) is 29.5 Å². The first-order valence-electron chi connectivity index (χ1n) is 6.53. The summed E-state index contributed by atoms with van der Waals surface area (Å²) in [4.78, 5) is 13.2. The third-order valence-corrected chi connectivity index (χ3v) is 3.21. The van der Waals surface area contributed by atoms with Crippen LogP contribution in [0.2, 0.25) is 0 Å². The average Bonchev–Trinajstić information content (AvgIpc) is 2.65. The Morgan fingerprint density at radius 2 is 2.18 bits per heavy atom. The molecular formula is C14H25NO2. The van der Waals surface area contributed by atoms with Crippen LogP contribution in [0.5, 0.6) is 0 Å². The highest BCUT2D eigenvalue weighted by molar-refractivity contribution is 5.73. The number of amides is 1. The van der Waals surface area contributed by atoms with E-state index in [9.17, 15) is 4.79 Å². The monoisotopic (exact) mass is 239 g/mol. The Balaban J connectivity index is 2.32. The zero-order valence-electron chi connectivity index (χ0n) is 11.5. The first-order chi connectivity index (χ1) is 8.00. The second-order valence-electron chi connectivity index (χ2n) is 5.24. The van der Waals surface area contributed by atoms with Gasteiger partial charge in [0.15, 0.2) is 0 Å². The van der Waals surface area contributed by atoms with Crippen LogP contribution in [-0.2, 0) is 9.53 Å². The van der Waals surface area contributed by atoms with Crippen molar-refractivity contribution in [1.29, 1.82) is 0 Å². The predicted octanol–water partition coefficient (Wildman–Crippen LogP) is 2.96. The van der Waals surface area contributed by atoms with Gasteiger partial charge in [-0.05, 0) is 39.0 Å². The highest BCUT2D eigenvalue weighted by atomic mass is 16.5. The maximum Gasteiger partial charge on any atom is 0.221 e. The number of ether oxygens (including phenoxy) is 1. The van der Waals surface area contributed by atoms with Gasteiger partial charge in [-0.3, -0.25) is 4.79 Å². The minimum Gasteiger partial charge on any atom is -0.356 e. The summed E-state index contributed by atoms with van der Waals surface area (Å²) in [6.45, 7) is 9.55. The lowest BCUT2D eigenvalue weighted by Gasteiger charge is -2.24. The Morgan fingerprint density at radius 3 is 2.76 bits per heavy atom. The normalized spacial score (nSPS) is 21.4. The molecule has 3 nitrogen and oxygen atoms in total. The van der Waals surface area contributed by atoms with Crippen LogP contribution in [0.25, 0.3) is 0 Å². The van der Waals surface area contributed by atoms with Gasteiger partial charge in [0.25, 0.3) is 0 Å². The summed E-state index contributed by atoms with van der Waals surface area (Å²) in [6.07, 6.45) is 5.52. The molecule has 0 saturated carbocycles. The van der Waals surface area contributed by atoms with Gasteiger partial charge >= 0.3 is 0 Å². The summed E-state index contributed by atoms with van der Waals surface area (Å²) in [5.74, 6) is 0.722. The van der Waals surface area contributed by atoms with E-state index in [-0.39, 0.29) is 12.1 Å². The molecule has 1 amide bonds. The smallest absolute Gasteiger partial charge is 0.221 e. The fraction of sp³-hybridized carbons (Fsp3) is 0.786. The van der Waals surface area contributed by atoms with E-state index in [2.05, 4.69) is 26.8 Å². The molecule has 0 aromatic heterocycles. The standard InChI is InChI=1S/C14H25NO2/c1-11(2)6-5-7-12(3)10-14-15(13(4)16)8-9-17-14/h6,12,14H,5,7-10H2,1-4H3/t12-,14+/m1/s1. The van der Waals surface area contributed by atoms with Gasteiger partial charge in [-0.2, -0.15) is 0 Å². The first-order valence-corrected chi connectivity index (χ1v) is 6.53. The lowest BCUT2D eigenvalue weighted by Crippen LogP contribution is -2.35. The van der Waals surface area contributed by atoms with Crippen molar-refractivity contribution in [3.05, 3.63) is 11.6 Å². The lowest BCUT2D eigenvalue weighted by atomic mass is 10.00. The van der Waals surface area contributed by atoms with E-state index < -0.39 is 0 Å². The fourth-order valence-corrected chi connectivity index (χ4v) is 2.20. The molecule has 0 aromatic carbocycles. The van der Waals surface area contributed by atoms with Crippen molar-refractivity contribution in [1.82, 2.24) is 4.90 Å². The molecule has 1 saturated heterocycles. The van der Waals surface area contributed by atoms with Crippen LogP contribution in [0.1, 0.15) is 47.0 Å². The molecule has 1 heterocycles. The van der Waals surface area contributed by atoms with E-state index in [4.69, 9.17) is 4.74 Å². The van der Waals surface area contributed by atoms with Crippen molar-refractivity contribution >= 4 is 5.91 Å². The lowest BCUT2D eigenvalue weighted by molar-refractivity contribution is -0.134. The Bertz CT molecular complexity index is 282. The molecule has 1 aliphatic rings. The summed E-state index contributed by atoms with van der Waals surface area (Å²) >= 11 is 0. The van der Waals surface area contributed by atoms with E-state index in [0.29, 0.717) is 12.5 Å². The zero-order valence-corrected chi connectivity index (χ0v) is 11.5. The molecule has 1 fully saturated rings. The Kier molecular flexibility index (Phi) is 5.69. The van der Waals surface area contributed by atoms with Crippen LogP contribution in [0, 0.1) is 5.92 Å². The van der Waals surface area contributed by atoms with Crippen LogP contribution in [0.15, 0.2) is 11.6 Å². The van der Waals surface area contributed by atoms with Crippen LogP contribution in [0.4, 0.5) is 0 Å². The highest BCUT2D eigenvalue weighted by Gasteiger charge is 2.28. The predicted molar refractivity (Wildman–Crippen MR) is 69.6 cm³/mol. The molecule has 3 heteroatoms. The summed E-state index contributed by atoms with van der Waals surface area (Å²) < 4.78 is 5.61. The highest BCUT2D eigenvalue weighted by Crippen LogP contribution is 2.21. The third-order valence-electron chi connectivity index (χ3n) is 3.21. The number of hydrogen-bond donors (Lipinski definition) is 0. The number of hydrogen-bond acceptors (Lipinski definition) is 2. The first kappa shape index (κ1) is 14.2. The van der Waals surface area contributed by atoms with E-state index in [1.807, 2.05) is 4.90 Å². The molecule has 0 radical (unpaired) electrons. The molecule has 1 aliphatic heterocycles. The molecule has 0 N–H and O–H groups in total. The minimum atomic E-state index is 0.00852. The van der Waals surface area contributed by atoms with E-state index >= 15 is 0 Å². The molecule has 98 valence electrons. The number of rotatable bonds is 5. The van der Waals surface area contributed by atoms with Gasteiger partial charge in [0.1, 0.15) is 6.23 Å². The Labute approximate surface area is 105 Å². The maximum absolute atomic E-state index is 11.4. The third kappa shape index (κ3) is 4.90. The van der Waals surface area contributed by atoms with Gasteiger partial charge in [-0.1, -0.05) is 18.6 Å². The van der Waals surface area contributed by atoms with Crippen LogP contribution >= 0.6 is 0 Å².